The van der Waals surface area contributed by atoms with Crippen LogP contribution in [-0.2, 0) is 11.2 Å². The number of likely N-dealkylation sites (tertiary alicyclic amines) is 1. The highest BCUT2D eigenvalue weighted by molar-refractivity contribution is 6.09. The van der Waals surface area contributed by atoms with Crippen molar-refractivity contribution in [3.05, 3.63) is 29.3 Å². The monoisotopic (exact) mass is 315 g/mol. The van der Waals surface area contributed by atoms with Gasteiger partial charge in [0.2, 0.25) is 5.91 Å². The molecule has 1 aromatic carbocycles. The molecule has 23 heavy (non-hydrogen) atoms. The molecule has 1 fully saturated rings. The summed E-state index contributed by atoms with van der Waals surface area (Å²) in [5.41, 5.74) is 2.47. The maximum atomic E-state index is 12.1. The van der Waals surface area contributed by atoms with Crippen LogP contribution in [0, 0.1) is 0 Å². The average Bonchev–Trinajstić information content (AvgIpc) is 2.57. The molecule has 124 valence electrons. The molecule has 0 unspecified atom stereocenters. The lowest BCUT2D eigenvalue weighted by atomic mass is 9.98. The van der Waals surface area contributed by atoms with Gasteiger partial charge in [0.25, 0.3) is 5.91 Å². The van der Waals surface area contributed by atoms with E-state index in [0.29, 0.717) is 12.0 Å². The van der Waals surface area contributed by atoms with Crippen molar-refractivity contribution in [3.63, 3.8) is 0 Å². The molecule has 2 heterocycles. The van der Waals surface area contributed by atoms with Crippen LogP contribution in [0.2, 0.25) is 0 Å². The van der Waals surface area contributed by atoms with E-state index in [2.05, 4.69) is 10.2 Å². The van der Waals surface area contributed by atoms with Gasteiger partial charge < -0.3 is 10.2 Å². The summed E-state index contributed by atoms with van der Waals surface area (Å²) >= 11 is 0. The minimum absolute atomic E-state index is 0.134. The van der Waals surface area contributed by atoms with Crippen molar-refractivity contribution in [1.82, 2.24) is 9.80 Å². The zero-order chi connectivity index (χ0) is 16.2. The number of hydrogen-bond acceptors (Lipinski definition) is 4. The standard InChI is InChI=1S/C18H25N3O2/c1-20-17(22)13-14-12-15(6-7-16(14)18(20)23)19-8-5-11-21-9-3-2-4-10-21/h6-7,12,19H,2-5,8-11,13H2,1H3. The van der Waals surface area contributed by atoms with Gasteiger partial charge in [-0.05, 0) is 62.7 Å². The molecule has 1 aromatic rings. The molecule has 5 heteroatoms. The second-order valence-electron chi connectivity index (χ2n) is 6.49. The summed E-state index contributed by atoms with van der Waals surface area (Å²) in [5.74, 6) is -0.336. The van der Waals surface area contributed by atoms with Gasteiger partial charge in [0, 0.05) is 24.8 Å². The third-order valence-corrected chi connectivity index (χ3v) is 4.78. The molecule has 0 saturated carbocycles. The number of hydrogen-bond donors (Lipinski definition) is 1. The predicted molar refractivity (Wildman–Crippen MR) is 90.6 cm³/mol. The fourth-order valence-electron chi connectivity index (χ4n) is 3.35. The van der Waals surface area contributed by atoms with Crippen LogP contribution < -0.4 is 5.32 Å². The Morgan fingerprint density at radius 2 is 1.91 bits per heavy atom. The van der Waals surface area contributed by atoms with Crippen LogP contribution >= 0.6 is 0 Å². The largest absolute Gasteiger partial charge is 0.385 e. The number of carbonyl (C=O) groups excluding carboxylic acids is 2. The van der Waals surface area contributed by atoms with Crippen LogP contribution in [0.4, 0.5) is 5.69 Å². The summed E-state index contributed by atoms with van der Waals surface area (Å²) in [5, 5.41) is 3.41. The fraction of sp³-hybridized carbons (Fsp3) is 0.556. The van der Waals surface area contributed by atoms with Gasteiger partial charge in [-0.15, -0.1) is 0 Å². The second kappa shape index (κ2) is 7.13. The number of carbonyl (C=O) groups is 2. The minimum atomic E-state index is -0.201. The quantitative estimate of drug-likeness (QED) is 0.668. The predicted octanol–water partition coefficient (Wildman–Crippen LogP) is 2.13. The lowest BCUT2D eigenvalue weighted by Crippen LogP contribution is -2.39. The van der Waals surface area contributed by atoms with Crippen molar-refractivity contribution in [3.8, 4) is 0 Å². The second-order valence-corrected chi connectivity index (χ2v) is 6.49. The number of anilines is 1. The van der Waals surface area contributed by atoms with Gasteiger partial charge in [-0.1, -0.05) is 6.42 Å². The molecule has 0 bridgehead atoms. The molecule has 3 rings (SSSR count). The fourth-order valence-corrected chi connectivity index (χ4v) is 3.35. The first-order valence-corrected chi connectivity index (χ1v) is 8.55. The van der Waals surface area contributed by atoms with Crippen molar-refractivity contribution >= 4 is 17.5 Å². The van der Waals surface area contributed by atoms with Gasteiger partial charge in [-0.2, -0.15) is 0 Å². The smallest absolute Gasteiger partial charge is 0.260 e. The number of imide groups is 1. The number of nitrogens with one attached hydrogen (secondary N) is 1. The summed E-state index contributed by atoms with van der Waals surface area (Å²) in [7, 11) is 1.54. The van der Waals surface area contributed by atoms with Crippen molar-refractivity contribution in [2.75, 3.05) is 38.5 Å². The van der Waals surface area contributed by atoms with Crippen LogP contribution in [0.1, 0.15) is 41.6 Å². The molecule has 2 aliphatic rings. The average molecular weight is 315 g/mol. The molecule has 0 atom stereocenters. The topological polar surface area (TPSA) is 52.7 Å². The molecule has 2 aliphatic heterocycles. The number of piperidine rings is 1. The molecule has 0 aliphatic carbocycles. The first-order chi connectivity index (χ1) is 11.1. The van der Waals surface area contributed by atoms with E-state index in [1.54, 1.807) is 7.05 Å². The van der Waals surface area contributed by atoms with Gasteiger partial charge in [0.15, 0.2) is 0 Å². The lowest BCUT2D eigenvalue weighted by Gasteiger charge is -2.26. The SMILES string of the molecule is CN1C(=O)Cc2cc(NCCCN3CCCCC3)ccc2C1=O. The van der Waals surface area contributed by atoms with Crippen LogP contribution in [-0.4, -0.2) is 54.8 Å². The Hall–Kier alpha value is -1.88. The van der Waals surface area contributed by atoms with Crippen LogP contribution in [0.15, 0.2) is 18.2 Å². The third kappa shape index (κ3) is 3.72. The highest BCUT2D eigenvalue weighted by Crippen LogP contribution is 2.22. The number of rotatable bonds is 5. The lowest BCUT2D eigenvalue weighted by molar-refractivity contribution is -0.127. The van der Waals surface area contributed by atoms with Gasteiger partial charge in [-0.25, -0.2) is 0 Å². The Kier molecular flexibility index (Phi) is 4.96. The summed E-state index contributed by atoms with van der Waals surface area (Å²) in [6.07, 6.45) is 5.44. The number of nitrogens with zero attached hydrogens (tertiary/aromatic N) is 2. The van der Waals surface area contributed by atoms with E-state index < -0.39 is 0 Å². The number of fused-ring (bicyclic) bond motifs is 1. The maximum Gasteiger partial charge on any atom is 0.260 e. The molecule has 1 N–H and O–H groups in total. The molecule has 0 radical (unpaired) electrons. The summed E-state index contributed by atoms with van der Waals surface area (Å²) in [4.78, 5) is 27.6. The van der Waals surface area contributed by atoms with Gasteiger partial charge in [-0.3, -0.25) is 14.5 Å². The molecule has 0 aromatic heterocycles. The Morgan fingerprint density at radius 1 is 1.13 bits per heavy atom. The third-order valence-electron chi connectivity index (χ3n) is 4.78. The van der Waals surface area contributed by atoms with Crippen molar-refractivity contribution < 1.29 is 9.59 Å². The molecule has 1 saturated heterocycles. The van der Waals surface area contributed by atoms with Gasteiger partial charge in [0.05, 0.1) is 6.42 Å². The van der Waals surface area contributed by atoms with E-state index in [4.69, 9.17) is 0 Å². The van der Waals surface area contributed by atoms with E-state index in [1.165, 1.54) is 37.3 Å². The molecular weight excluding hydrogens is 290 g/mol. The summed E-state index contributed by atoms with van der Waals surface area (Å²) in [6.45, 7) is 4.52. The summed E-state index contributed by atoms with van der Waals surface area (Å²) in [6, 6.07) is 5.70. The minimum Gasteiger partial charge on any atom is -0.385 e. The van der Waals surface area contributed by atoms with E-state index in [1.807, 2.05) is 18.2 Å². The van der Waals surface area contributed by atoms with Crippen LogP contribution in [0.25, 0.3) is 0 Å². The highest BCUT2D eigenvalue weighted by Gasteiger charge is 2.27. The number of amides is 2. The van der Waals surface area contributed by atoms with E-state index in [-0.39, 0.29) is 11.8 Å². The molecular formula is C18H25N3O2. The number of likely N-dealkylation sites (N-methyl/N-ethyl adjacent to an activating group) is 1. The van der Waals surface area contributed by atoms with Crippen molar-refractivity contribution in [2.24, 2.45) is 0 Å². The first-order valence-electron chi connectivity index (χ1n) is 8.55. The zero-order valence-corrected chi connectivity index (χ0v) is 13.8. The Bertz CT molecular complexity index is 594. The van der Waals surface area contributed by atoms with Gasteiger partial charge in [0.1, 0.15) is 0 Å². The first kappa shape index (κ1) is 16.0. The van der Waals surface area contributed by atoms with E-state index >= 15 is 0 Å². The van der Waals surface area contributed by atoms with Gasteiger partial charge >= 0.3 is 0 Å². The van der Waals surface area contributed by atoms with Crippen molar-refractivity contribution in [2.45, 2.75) is 32.1 Å². The molecule has 2 amide bonds. The molecule has 0 spiro atoms. The van der Waals surface area contributed by atoms with Crippen LogP contribution in [0.5, 0.6) is 0 Å². The zero-order valence-electron chi connectivity index (χ0n) is 13.8. The Morgan fingerprint density at radius 3 is 2.70 bits per heavy atom. The Labute approximate surface area is 137 Å². The molecule has 5 nitrogen and oxygen atoms in total. The van der Waals surface area contributed by atoms with Crippen molar-refractivity contribution in [1.29, 1.82) is 0 Å². The normalized spacial score (nSPS) is 18.9. The van der Waals surface area contributed by atoms with E-state index in [9.17, 15) is 9.59 Å². The maximum absolute atomic E-state index is 12.1. The highest BCUT2D eigenvalue weighted by atomic mass is 16.2. The summed E-state index contributed by atoms with van der Waals surface area (Å²) < 4.78 is 0. The van der Waals surface area contributed by atoms with E-state index in [0.717, 1.165) is 30.8 Å². The van der Waals surface area contributed by atoms with Crippen LogP contribution in [0.3, 0.4) is 0 Å². The Balaban J connectivity index is 1.52. The number of benzene rings is 1.